The van der Waals surface area contributed by atoms with Gasteiger partial charge < -0.3 is 10.1 Å². The first-order chi connectivity index (χ1) is 19.7. The Morgan fingerprint density at radius 3 is 2.37 bits per heavy atom. The number of carbonyl (C=O) groups excluding carboxylic acids is 2. The van der Waals surface area contributed by atoms with Gasteiger partial charge in [-0.15, -0.1) is 0 Å². The fourth-order valence-electron chi connectivity index (χ4n) is 4.37. The Bertz CT molecular complexity index is 1160. The minimum absolute atomic E-state index is 0.0218. The van der Waals surface area contributed by atoms with Gasteiger partial charge in [0.15, 0.2) is 5.17 Å². The molecule has 1 aliphatic rings. The van der Waals surface area contributed by atoms with Crippen LogP contribution in [0.25, 0.3) is 0 Å². The van der Waals surface area contributed by atoms with E-state index in [-0.39, 0.29) is 29.1 Å². The van der Waals surface area contributed by atoms with Gasteiger partial charge in [-0.1, -0.05) is 76.6 Å². The number of rotatable bonds is 15. The zero-order valence-electron chi connectivity index (χ0n) is 23.8. The monoisotopic (exact) mass is 591 g/mol. The molecule has 0 spiro atoms. The highest BCUT2D eigenvalue weighted by Gasteiger charge is 2.36. The van der Waals surface area contributed by atoms with Crippen LogP contribution in [-0.2, 0) is 15.8 Å². The van der Waals surface area contributed by atoms with Gasteiger partial charge in [0, 0.05) is 18.7 Å². The molecule has 0 saturated carbocycles. The predicted molar refractivity (Wildman–Crippen MR) is 160 cm³/mol. The minimum atomic E-state index is -4.51. The van der Waals surface area contributed by atoms with E-state index in [0.29, 0.717) is 24.6 Å². The van der Waals surface area contributed by atoms with Gasteiger partial charge in [0.1, 0.15) is 11.0 Å². The van der Waals surface area contributed by atoms with Crippen LogP contribution >= 0.6 is 11.8 Å². The molecule has 2 aromatic rings. The number of unbranched alkanes of at least 4 members (excludes halogenated alkanes) is 7. The summed E-state index contributed by atoms with van der Waals surface area (Å²) in [6.07, 6.45) is 4.83. The van der Waals surface area contributed by atoms with Crippen LogP contribution in [-0.4, -0.2) is 40.3 Å². The van der Waals surface area contributed by atoms with Gasteiger partial charge in [-0.3, -0.25) is 14.5 Å². The van der Waals surface area contributed by atoms with Gasteiger partial charge in [-0.2, -0.15) is 13.2 Å². The molecule has 2 amide bonds. The molecule has 1 heterocycles. The van der Waals surface area contributed by atoms with Crippen LogP contribution in [0.5, 0.6) is 5.75 Å². The quantitative estimate of drug-likeness (QED) is 0.211. The molecule has 1 fully saturated rings. The van der Waals surface area contributed by atoms with Crippen molar-refractivity contribution in [2.45, 2.75) is 89.5 Å². The average Bonchev–Trinajstić information content (AvgIpc) is 2.94. The molecule has 224 valence electrons. The molecule has 10 heteroatoms. The number of aliphatic imine (C=N–C) groups is 1. The van der Waals surface area contributed by atoms with Crippen molar-refractivity contribution in [2.75, 3.05) is 18.5 Å². The number of ether oxygens (including phenoxy) is 1. The molecular weight excluding hydrogens is 551 g/mol. The summed E-state index contributed by atoms with van der Waals surface area (Å²) in [5, 5.41) is 2.32. The van der Waals surface area contributed by atoms with E-state index in [1.807, 2.05) is 0 Å². The number of hydrogen-bond donors (Lipinski definition) is 1. The Hall–Kier alpha value is -3.01. The minimum Gasteiger partial charge on any atom is -0.494 e. The lowest BCUT2D eigenvalue weighted by Gasteiger charge is -2.32. The Kier molecular flexibility index (Phi) is 13.0. The second-order valence-corrected chi connectivity index (χ2v) is 11.3. The first-order valence-electron chi connectivity index (χ1n) is 14.5. The van der Waals surface area contributed by atoms with Crippen LogP contribution < -0.4 is 10.1 Å². The van der Waals surface area contributed by atoms with Gasteiger partial charge in [-0.05, 0) is 55.3 Å². The van der Waals surface area contributed by atoms with Crippen molar-refractivity contribution in [3.05, 3.63) is 54.1 Å². The summed E-state index contributed by atoms with van der Waals surface area (Å²) in [7, 11) is 0. The molecule has 3 rings (SSSR count). The topological polar surface area (TPSA) is 71.0 Å². The first-order valence-corrected chi connectivity index (χ1v) is 15.4. The van der Waals surface area contributed by atoms with Crippen molar-refractivity contribution in [1.82, 2.24) is 4.90 Å². The van der Waals surface area contributed by atoms with Crippen molar-refractivity contribution < 1.29 is 27.5 Å². The third kappa shape index (κ3) is 10.7. The van der Waals surface area contributed by atoms with Crippen LogP contribution in [0.15, 0.2) is 53.5 Å². The van der Waals surface area contributed by atoms with E-state index in [4.69, 9.17) is 4.74 Å². The van der Waals surface area contributed by atoms with Gasteiger partial charge in [0.2, 0.25) is 11.8 Å². The first kappa shape index (κ1) is 32.5. The van der Waals surface area contributed by atoms with Gasteiger partial charge in [0.05, 0.1) is 17.9 Å². The maximum Gasteiger partial charge on any atom is 0.416 e. The fourth-order valence-corrected chi connectivity index (χ4v) is 5.50. The Morgan fingerprint density at radius 2 is 1.68 bits per heavy atom. The van der Waals surface area contributed by atoms with E-state index in [9.17, 15) is 22.8 Å². The van der Waals surface area contributed by atoms with E-state index in [1.165, 1.54) is 23.5 Å². The summed E-state index contributed by atoms with van der Waals surface area (Å²) < 4.78 is 45.6. The zero-order valence-corrected chi connectivity index (χ0v) is 24.7. The summed E-state index contributed by atoms with van der Waals surface area (Å²) in [6.45, 7) is 5.32. The molecule has 6 nitrogen and oxygen atoms in total. The summed E-state index contributed by atoms with van der Waals surface area (Å²) in [5.41, 5.74) is -0.172. The number of carbonyl (C=O) groups is 2. The molecule has 0 bridgehead atoms. The molecule has 1 unspecified atom stereocenters. The van der Waals surface area contributed by atoms with Gasteiger partial charge in [0.25, 0.3) is 0 Å². The normalized spacial score (nSPS) is 16.7. The summed E-state index contributed by atoms with van der Waals surface area (Å²) >= 11 is 1.10. The highest BCUT2D eigenvalue weighted by atomic mass is 32.2. The van der Waals surface area contributed by atoms with Gasteiger partial charge >= 0.3 is 6.18 Å². The van der Waals surface area contributed by atoms with Crippen molar-refractivity contribution in [1.29, 1.82) is 0 Å². The molecule has 0 aliphatic carbocycles. The van der Waals surface area contributed by atoms with Crippen LogP contribution in [0.1, 0.15) is 83.6 Å². The number of benzene rings is 2. The summed E-state index contributed by atoms with van der Waals surface area (Å²) in [6, 6.07) is 11.7. The number of nitrogens with one attached hydrogen (secondary N) is 1. The molecule has 41 heavy (non-hydrogen) atoms. The number of hydrogen-bond acceptors (Lipinski definition) is 5. The molecule has 1 atom stereocenters. The number of alkyl halides is 3. The highest BCUT2D eigenvalue weighted by molar-refractivity contribution is 8.15. The lowest BCUT2D eigenvalue weighted by atomic mass is 10.1. The van der Waals surface area contributed by atoms with E-state index in [1.54, 1.807) is 24.3 Å². The lowest BCUT2D eigenvalue weighted by molar-refractivity contribution is -0.137. The molecule has 2 aromatic carbocycles. The predicted octanol–water partition coefficient (Wildman–Crippen LogP) is 8.60. The SMILES string of the molecule is CCCCCCCN1C(=O)CC(C(=O)Nc2ccc(OCCCCCC)cc2)SC1=Nc1cccc(C(F)(F)F)c1. The maximum atomic E-state index is 13.3. The Morgan fingerprint density at radius 1 is 1.00 bits per heavy atom. The summed E-state index contributed by atoms with van der Waals surface area (Å²) in [4.78, 5) is 32.3. The van der Waals surface area contributed by atoms with Crippen molar-refractivity contribution >= 4 is 40.1 Å². The average molecular weight is 592 g/mol. The zero-order chi connectivity index (χ0) is 29.7. The van der Waals surface area contributed by atoms with Gasteiger partial charge in [-0.25, -0.2) is 4.99 Å². The van der Waals surface area contributed by atoms with Crippen LogP contribution in [0.3, 0.4) is 0 Å². The maximum absolute atomic E-state index is 13.3. The van der Waals surface area contributed by atoms with Crippen LogP contribution in [0.4, 0.5) is 24.5 Å². The summed E-state index contributed by atoms with van der Waals surface area (Å²) in [5.74, 6) is 0.0830. The number of thioether (sulfide) groups is 1. The molecule has 1 aliphatic heterocycles. The molecule has 0 aromatic heterocycles. The Balaban J connectivity index is 1.70. The lowest BCUT2D eigenvalue weighted by Crippen LogP contribution is -2.45. The molecule has 1 N–H and O–H groups in total. The van der Waals surface area contributed by atoms with Crippen molar-refractivity contribution in [3.8, 4) is 5.75 Å². The second-order valence-electron chi connectivity index (χ2n) is 10.1. The molecular formula is C31H40F3N3O3S. The number of amidine groups is 1. The van der Waals surface area contributed by atoms with E-state index in [2.05, 4.69) is 24.2 Å². The molecule has 1 saturated heterocycles. The second kappa shape index (κ2) is 16.4. The smallest absolute Gasteiger partial charge is 0.416 e. The van der Waals surface area contributed by atoms with Crippen molar-refractivity contribution in [3.63, 3.8) is 0 Å². The number of amides is 2. The van der Waals surface area contributed by atoms with E-state index < -0.39 is 17.0 Å². The van der Waals surface area contributed by atoms with Crippen LogP contribution in [0, 0.1) is 0 Å². The number of nitrogens with zero attached hydrogens (tertiary/aromatic N) is 2. The van der Waals surface area contributed by atoms with E-state index in [0.717, 1.165) is 75.3 Å². The standard InChI is InChI=1S/C31H40F3N3O3S/c1-3-5-7-9-10-19-37-28(38)22-27(41-30(37)36-25-14-12-13-23(21-25)31(32,33)34)29(39)35-24-15-17-26(18-16-24)40-20-11-8-6-4-2/h12-18,21,27H,3-11,19-20,22H2,1-2H3,(H,35,39). The number of anilines is 1. The highest BCUT2D eigenvalue weighted by Crippen LogP contribution is 2.34. The Labute approximate surface area is 245 Å². The fraction of sp³-hybridized carbons (Fsp3) is 0.516. The molecule has 0 radical (unpaired) electrons. The van der Waals surface area contributed by atoms with Crippen molar-refractivity contribution in [2.24, 2.45) is 4.99 Å². The van der Waals surface area contributed by atoms with E-state index >= 15 is 0 Å². The largest absolute Gasteiger partial charge is 0.494 e. The van der Waals surface area contributed by atoms with Crippen LogP contribution in [0.2, 0.25) is 0 Å². The number of halogens is 3. The third-order valence-corrected chi connectivity index (χ3v) is 7.89. The third-order valence-electron chi connectivity index (χ3n) is 6.70.